The van der Waals surface area contributed by atoms with Gasteiger partial charge in [0.2, 0.25) is 5.91 Å². The van der Waals surface area contributed by atoms with Crippen molar-refractivity contribution in [3.8, 4) is 5.75 Å². The summed E-state index contributed by atoms with van der Waals surface area (Å²) in [6.07, 6.45) is 0.824. The molecule has 0 saturated carbocycles. The maximum atomic E-state index is 12.6. The third-order valence-electron chi connectivity index (χ3n) is 7.34. The monoisotopic (exact) mass is 523 g/mol. The summed E-state index contributed by atoms with van der Waals surface area (Å²) in [4.78, 5) is 41.8. The number of rotatable bonds is 10. The first-order valence-electron chi connectivity index (χ1n) is 13.3. The molecule has 1 amide bonds. The van der Waals surface area contributed by atoms with Crippen molar-refractivity contribution in [1.29, 1.82) is 0 Å². The van der Waals surface area contributed by atoms with Crippen LogP contribution in [0.1, 0.15) is 42.9 Å². The van der Waals surface area contributed by atoms with Crippen molar-refractivity contribution in [1.82, 2.24) is 4.90 Å². The molecule has 2 heterocycles. The molecule has 1 saturated heterocycles. The first-order valence-corrected chi connectivity index (χ1v) is 13.3. The lowest BCUT2D eigenvalue weighted by molar-refractivity contribution is -0.163. The number of esters is 1. The minimum Gasteiger partial charge on any atom is -0.494 e. The Morgan fingerprint density at radius 2 is 1.76 bits per heavy atom. The normalized spacial score (nSPS) is 16.7. The van der Waals surface area contributed by atoms with E-state index in [9.17, 15) is 19.5 Å². The van der Waals surface area contributed by atoms with Crippen molar-refractivity contribution in [2.45, 2.75) is 52.7 Å². The topological polar surface area (TPSA) is 99.6 Å². The number of hydrogen-bond donors (Lipinski definition) is 1. The van der Waals surface area contributed by atoms with Crippen LogP contribution in [-0.2, 0) is 25.5 Å². The van der Waals surface area contributed by atoms with Gasteiger partial charge in [-0.05, 0) is 68.5 Å². The number of nitrogens with zero attached hydrogens (tertiary/aromatic N) is 3. The molecule has 9 nitrogen and oxygen atoms in total. The van der Waals surface area contributed by atoms with Crippen molar-refractivity contribution in [3.05, 3.63) is 53.1 Å². The fourth-order valence-corrected chi connectivity index (χ4v) is 5.11. The van der Waals surface area contributed by atoms with Crippen LogP contribution in [0.4, 0.5) is 11.4 Å². The number of carboxylic acid groups (broad SMARTS) is 1. The van der Waals surface area contributed by atoms with Crippen molar-refractivity contribution < 1.29 is 29.0 Å². The van der Waals surface area contributed by atoms with Crippen LogP contribution in [-0.4, -0.2) is 73.4 Å². The lowest BCUT2D eigenvalue weighted by Crippen LogP contribution is -2.49. The largest absolute Gasteiger partial charge is 0.494 e. The fourth-order valence-electron chi connectivity index (χ4n) is 5.11. The van der Waals surface area contributed by atoms with Gasteiger partial charge in [-0.3, -0.25) is 19.4 Å². The number of carboxylic acids is 1. The molecule has 2 aromatic rings. The number of anilines is 2. The van der Waals surface area contributed by atoms with E-state index in [-0.39, 0.29) is 6.42 Å². The number of ether oxygens (including phenoxy) is 2. The second kappa shape index (κ2) is 12.3. The molecule has 4 rings (SSSR count). The maximum absolute atomic E-state index is 12.6. The average Bonchev–Trinajstić information content (AvgIpc) is 2.89. The van der Waals surface area contributed by atoms with Gasteiger partial charge in [-0.25, -0.2) is 4.79 Å². The van der Waals surface area contributed by atoms with Gasteiger partial charge < -0.3 is 19.5 Å². The Morgan fingerprint density at radius 3 is 2.47 bits per heavy atom. The second-order valence-corrected chi connectivity index (χ2v) is 9.96. The summed E-state index contributed by atoms with van der Waals surface area (Å²) in [6, 6.07) is 11.8. The Labute approximate surface area is 223 Å². The second-order valence-electron chi connectivity index (χ2n) is 9.96. The summed E-state index contributed by atoms with van der Waals surface area (Å²) >= 11 is 0. The highest BCUT2D eigenvalue weighted by molar-refractivity contribution is 6.01. The Kier molecular flexibility index (Phi) is 8.89. The summed E-state index contributed by atoms with van der Waals surface area (Å²) in [5, 5.41) is 9.58. The molecule has 0 aliphatic carbocycles. The van der Waals surface area contributed by atoms with E-state index >= 15 is 0 Å². The predicted molar refractivity (Wildman–Crippen MR) is 145 cm³/mol. The average molecular weight is 524 g/mol. The van der Waals surface area contributed by atoms with E-state index in [1.807, 2.05) is 12.1 Å². The number of benzene rings is 2. The number of piperazine rings is 1. The van der Waals surface area contributed by atoms with Crippen molar-refractivity contribution in [3.63, 3.8) is 0 Å². The Morgan fingerprint density at radius 1 is 1.00 bits per heavy atom. The summed E-state index contributed by atoms with van der Waals surface area (Å²) in [6.45, 7) is 11.1. The number of carbonyl (C=O) groups excluding carboxylic acids is 2. The Hall–Kier alpha value is -3.59. The number of carbonyl (C=O) groups is 3. The number of fused-ring (bicyclic) bond motifs is 1. The maximum Gasteiger partial charge on any atom is 0.367 e. The quantitative estimate of drug-likeness (QED) is 0.373. The van der Waals surface area contributed by atoms with Gasteiger partial charge in [-0.1, -0.05) is 18.2 Å². The van der Waals surface area contributed by atoms with E-state index in [4.69, 9.17) is 9.47 Å². The van der Waals surface area contributed by atoms with Gasteiger partial charge >= 0.3 is 11.9 Å². The van der Waals surface area contributed by atoms with Gasteiger partial charge in [0, 0.05) is 51.3 Å². The lowest BCUT2D eigenvalue weighted by atomic mass is 10.0. The van der Waals surface area contributed by atoms with Gasteiger partial charge in [0.15, 0.2) is 0 Å². The highest BCUT2D eigenvalue weighted by Gasteiger charge is 2.37. The minimum absolute atomic E-state index is 0.150. The number of unbranched alkanes of at least 4 members (excludes halogenated alkanes) is 1. The summed E-state index contributed by atoms with van der Waals surface area (Å²) < 4.78 is 10.9. The number of hydrogen-bond acceptors (Lipinski definition) is 7. The molecule has 9 heteroatoms. The molecule has 2 aliphatic rings. The molecule has 38 heavy (non-hydrogen) atoms. The van der Waals surface area contributed by atoms with E-state index in [2.05, 4.69) is 41.8 Å². The lowest BCUT2D eigenvalue weighted by Gasteiger charge is -2.37. The van der Waals surface area contributed by atoms with Gasteiger partial charge in [-0.15, -0.1) is 0 Å². The van der Waals surface area contributed by atoms with Gasteiger partial charge in [0.05, 0.1) is 12.3 Å². The summed E-state index contributed by atoms with van der Waals surface area (Å²) in [5.41, 5.74) is 5.25. The van der Waals surface area contributed by atoms with E-state index in [0.29, 0.717) is 24.5 Å². The van der Waals surface area contributed by atoms with Crippen LogP contribution < -0.4 is 14.5 Å². The molecule has 1 atom stereocenters. The molecular formula is C29H37N3O6. The number of aliphatic carboxylic acids is 1. The molecular weight excluding hydrogens is 486 g/mol. The first kappa shape index (κ1) is 27.4. The highest BCUT2D eigenvalue weighted by Crippen LogP contribution is 2.33. The smallest absolute Gasteiger partial charge is 0.367 e. The first-order chi connectivity index (χ1) is 18.2. The molecule has 2 aliphatic heterocycles. The van der Waals surface area contributed by atoms with Crippen LogP contribution in [0.2, 0.25) is 0 Å². The zero-order valence-corrected chi connectivity index (χ0v) is 22.4. The van der Waals surface area contributed by atoms with Crippen molar-refractivity contribution >= 4 is 29.2 Å². The molecule has 1 unspecified atom stereocenters. The van der Waals surface area contributed by atoms with E-state index < -0.39 is 24.1 Å². The summed E-state index contributed by atoms with van der Waals surface area (Å²) in [5.74, 6) is -2.02. The van der Waals surface area contributed by atoms with Gasteiger partial charge in [-0.2, -0.15) is 0 Å². The third kappa shape index (κ3) is 6.45. The predicted octanol–water partition coefficient (Wildman–Crippen LogP) is 3.54. The highest BCUT2D eigenvalue weighted by atomic mass is 16.6. The molecule has 1 N–H and O–H groups in total. The Bertz CT molecular complexity index is 1170. The van der Waals surface area contributed by atoms with Crippen LogP contribution >= 0.6 is 0 Å². The zero-order chi connectivity index (χ0) is 27.2. The van der Waals surface area contributed by atoms with Gasteiger partial charge in [0.1, 0.15) is 5.75 Å². The Balaban J connectivity index is 1.26. The minimum atomic E-state index is -1.70. The molecule has 0 bridgehead atoms. The van der Waals surface area contributed by atoms with Crippen molar-refractivity contribution in [2.24, 2.45) is 0 Å². The van der Waals surface area contributed by atoms with E-state index in [1.165, 1.54) is 16.8 Å². The van der Waals surface area contributed by atoms with Crippen LogP contribution in [0.15, 0.2) is 36.4 Å². The van der Waals surface area contributed by atoms with Crippen LogP contribution in [0.25, 0.3) is 0 Å². The van der Waals surface area contributed by atoms with Crippen molar-refractivity contribution in [2.75, 3.05) is 49.1 Å². The standard InChI is InChI=1S/C29H37N3O6/c1-20-7-6-8-25(21(20)2)31-16-14-30(15-17-31)13-4-5-18-37-24-11-9-23-10-12-27(34)32(26(23)19-24)28(29(35)36)38-22(3)33/h6-9,11,19,28H,4-5,10,12-18H2,1-3H3,(H,35,36). The van der Waals surface area contributed by atoms with Crippen LogP contribution in [0, 0.1) is 13.8 Å². The molecule has 204 valence electrons. The molecule has 2 aromatic carbocycles. The third-order valence-corrected chi connectivity index (χ3v) is 7.34. The SMILES string of the molecule is CC(=O)OC(C(=O)O)N1C(=O)CCc2ccc(OCCCCN3CCN(c4cccc(C)c4C)CC3)cc21. The van der Waals surface area contributed by atoms with Crippen LogP contribution in [0.5, 0.6) is 5.75 Å². The molecule has 0 spiro atoms. The fraction of sp³-hybridized carbons (Fsp3) is 0.483. The zero-order valence-electron chi connectivity index (χ0n) is 22.4. The molecule has 0 aromatic heterocycles. The molecule has 1 fully saturated rings. The van der Waals surface area contributed by atoms with E-state index in [0.717, 1.165) is 63.0 Å². The van der Waals surface area contributed by atoms with Crippen LogP contribution in [0.3, 0.4) is 0 Å². The number of amides is 1. The molecule has 0 radical (unpaired) electrons. The van der Waals surface area contributed by atoms with E-state index in [1.54, 1.807) is 6.07 Å². The number of aryl methyl sites for hydroxylation is 2. The van der Waals surface area contributed by atoms with Gasteiger partial charge in [0.25, 0.3) is 6.23 Å². The summed E-state index contributed by atoms with van der Waals surface area (Å²) in [7, 11) is 0.